The molecule has 1 amide bonds. The third kappa shape index (κ3) is 4.55. The van der Waals surface area contributed by atoms with Gasteiger partial charge >= 0.3 is 0 Å². The van der Waals surface area contributed by atoms with Crippen LogP contribution < -0.4 is 10.7 Å². The van der Waals surface area contributed by atoms with E-state index in [0.29, 0.717) is 22.8 Å². The van der Waals surface area contributed by atoms with E-state index in [2.05, 4.69) is 24.1 Å². The van der Waals surface area contributed by atoms with Gasteiger partial charge in [0.2, 0.25) is 5.91 Å². The number of hydrogen-bond acceptors (Lipinski definition) is 3. The van der Waals surface area contributed by atoms with Crippen LogP contribution in [0.15, 0.2) is 59.4 Å². The SMILES string of the molecule is CC(C)c1ccc(NC(=O)CSCc2cc(=O)c3ccccc3[nH]2)cc1. The van der Waals surface area contributed by atoms with Crippen LogP contribution in [0.5, 0.6) is 0 Å². The first-order chi connectivity index (χ1) is 12.5. The molecule has 0 radical (unpaired) electrons. The van der Waals surface area contributed by atoms with Crippen molar-refractivity contribution in [3.63, 3.8) is 0 Å². The van der Waals surface area contributed by atoms with E-state index in [-0.39, 0.29) is 11.3 Å². The number of aromatic amines is 1. The van der Waals surface area contributed by atoms with Gasteiger partial charge in [-0.25, -0.2) is 0 Å². The summed E-state index contributed by atoms with van der Waals surface area (Å²) >= 11 is 1.48. The van der Waals surface area contributed by atoms with Crippen LogP contribution in [0, 0.1) is 0 Å². The Labute approximate surface area is 157 Å². The van der Waals surface area contributed by atoms with E-state index in [1.54, 1.807) is 6.07 Å². The number of carbonyl (C=O) groups is 1. The number of rotatable bonds is 6. The minimum Gasteiger partial charge on any atom is -0.357 e. The number of fused-ring (bicyclic) bond motifs is 1. The summed E-state index contributed by atoms with van der Waals surface area (Å²) in [4.78, 5) is 27.5. The van der Waals surface area contributed by atoms with Crippen molar-refractivity contribution in [1.29, 1.82) is 0 Å². The number of benzene rings is 2. The number of nitrogens with one attached hydrogen (secondary N) is 2. The summed E-state index contributed by atoms with van der Waals surface area (Å²) in [6.45, 7) is 4.28. The van der Waals surface area contributed by atoms with Crippen molar-refractivity contribution in [3.8, 4) is 0 Å². The van der Waals surface area contributed by atoms with Crippen molar-refractivity contribution in [3.05, 3.63) is 76.1 Å². The Hall–Kier alpha value is -2.53. The van der Waals surface area contributed by atoms with Crippen LogP contribution in [0.25, 0.3) is 10.9 Å². The van der Waals surface area contributed by atoms with Crippen LogP contribution in [-0.2, 0) is 10.5 Å². The molecule has 0 bridgehead atoms. The number of aromatic nitrogens is 1. The minimum atomic E-state index is -0.0459. The molecule has 2 N–H and O–H groups in total. The Morgan fingerprint density at radius 1 is 1.12 bits per heavy atom. The van der Waals surface area contributed by atoms with E-state index in [4.69, 9.17) is 0 Å². The Kier molecular flexibility index (Phi) is 5.78. The van der Waals surface area contributed by atoms with Gasteiger partial charge in [0.05, 0.1) is 5.75 Å². The maximum Gasteiger partial charge on any atom is 0.234 e. The molecule has 4 nitrogen and oxygen atoms in total. The molecule has 3 aromatic rings. The Morgan fingerprint density at radius 2 is 1.85 bits per heavy atom. The molecule has 1 heterocycles. The Morgan fingerprint density at radius 3 is 2.58 bits per heavy atom. The summed E-state index contributed by atoms with van der Waals surface area (Å²) in [5.41, 5.74) is 3.71. The average molecular weight is 366 g/mol. The highest BCUT2D eigenvalue weighted by Gasteiger charge is 2.06. The number of hydrogen-bond donors (Lipinski definition) is 2. The van der Waals surface area contributed by atoms with Gasteiger partial charge in [0, 0.05) is 34.1 Å². The molecule has 0 spiro atoms. The van der Waals surface area contributed by atoms with Crippen molar-refractivity contribution in [2.24, 2.45) is 0 Å². The third-order valence-electron chi connectivity index (χ3n) is 4.14. The lowest BCUT2D eigenvalue weighted by Gasteiger charge is -2.08. The van der Waals surface area contributed by atoms with Gasteiger partial charge in [-0.05, 0) is 35.7 Å². The second-order valence-electron chi connectivity index (χ2n) is 6.52. The molecule has 0 aliphatic rings. The number of amides is 1. The van der Waals surface area contributed by atoms with Gasteiger partial charge in [-0.3, -0.25) is 9.59 Å². The lowest BCUT2D eigenvalue weighted by Crippen LogP contribution is -2.14. The first-order valence-corrected chi connectivity index (χ1v) is 9.77. The minimum absolute atomic E-state index is 0.00430. The Balaban J connectivity index is 1.54. The fourth-order valence-electron chi connectivity index (χ4n) is 2.73. The van der Waals surface area contributed by atoms with E-state index in [1.165, 1.54) is 17.3 Å². The fraction of sp³-hybridized carbons (Fsp3) is 0.238. The fourth-order valence-corrected chi connectivity index (χ4v) is 3.47. The van der Waals surface area contributed by atoms with Crippen molar-refractivity contribution >= 4 is 34.3 Å². The predicted octanol–water partition coefficient (Wildman–Crippen LogP) is 4.52. The summed E-state index contributed by atoms with van der Waals surface area (Å²) < 4.78 is 0. The van der Waals surface area contributed by atoms with Crippen LogP contribution in [0.3, 0.4) is 0 Å². The van der Waals surface area contributed by atoms with Gasteiger partial charge in [-0.15, -0.1) is 11.8 Å². The maximum absolute atomic E-state index is 12.1. The zero-order valence-corrected chi connectivity index (χ0v) is 15.7. The molecule has 1 aromatic heterocycles. The number of thioether (sulfide) groups is 1. The molecule has 0 saturated carbocycles. The largest absolute Gasteiger partial charge is 0.357 e. The predicted molar refractivity (Wildman–Crippen MR) is 110 cm³/mol. The molecule has 0 aliphatic heterocycles. The number of carbonyl (C=O) groups excluding carboxylic acids is 1. The number of anilines is 1. The lowest BCUT2D eigenvalue weighted by molar-refractivity contribution is -0.113. The number of para-hydroxylation sites is 1. The molecule has 0 unspecified atom stereocenters. The van der Waals surface area contributed by atoms with Crippen molar-refractivity contribution in [1.82, 2.24) is 4.98 Å². The molecule has 5 heteroatoms. The van der Waals surface area contributed by atoms with E-state index < -0.39 is 0 Å². The van der Waals surface area contributed by atoms with Gasteiger partial charge in [-0.1, -0.05) is 38.1 Å². The second-order valence-corrected chi connectivity index (χ2v) is 7.51. The molecule has 26 heavy (non-hydrogen) atoms. The zero-order chi connectivity index (χ0) is 18.5. The van der Waals surface area contributed by atoms with Crippen molar-refractivity contribution < 1.29 is 4.79 Å². The quantitative estimate of drug-likeness (QED) is 0.674. The van der Waals surface area contributed by atoms with Crippen molar-refractivity contribution in [2.75, 3.05) is 11.1 Å². The van der Waals surface area contributed by atoms with E-state index >= 15 is 0 Å². The molecule has 134 valence electrons. The first kappa shape index (κ1) is 18.3. The Bertz CT molecular complexity index is 962. The van der Waals surface area contributed by atoms with Crippen molar-refractivity contribution in [2.45, 2.75) is 25.5 Å². The number of H-pyrrole nitrogens is 1. The smallest absolute Gasteiger partial charge is 0.234 e. The highest BCUT2D eigenvalue weighted by atomic mass is 32.2. The lowest BCUT2D eigenvalue weighted by atomic mass is 10.0. The van der Waals surface area contributed by atoms with Crippen LogP contribution in [-0.4, -0.2) is 16.6 Å². The van der Waals surface area contributed by atoms with E-state index in [0.717, 1.165) is 16.9 Å². The normalized spacial score (nSPS) is 11.0. The monoisotopic (exact) mass is 366 g/mol. The topological polar surface area (TPSA) is 62.0 Å². The highest BCUT2D eigenvalue weighted by Crippen LogP contribution is 2.18. The second kappa shape index (κ2) is 8.23. The zero-order valence-electron chi connectivity index (χ0n) is 14.9. The maximum atomic E-state index is 12.1. The molecule has 3 rings (SSSR count). The van der Waals surface area contributed by atoms with Gasteiger partial charge < -0.3 is 10.3 Å². The highest BCUT2D eigenvalue weighted by molar-refractivity contribution is 7.99. The average Bonchev–Trinajstić information content (AvgIpc) is 2.62. The molecular weight excluding hydrogens is 344 g/mol. The number of pyridine rings is 1. The van der Waals surface area contributed by atoms with Crippen LogP contribution >= 0.6 is 11.8 Å². The van der Waals surface area contributed by atoms with Gasteiger partial charge in [-0.2, -0.15) is 0 Å². The first-order valence-electron chi connectivity index (χ1n) is 8.61. The van der Waals surface area contributed by atoms with E-state index in [9.17, 15) is 9.59 Å². The summed E-state index contributed by atoms with van der Waals surface area (Å²) in [5, 5.41) is 3.59. The molecule has 0 aliphatic carbocycles. The molecule has 2 aromatic carbocycles. The summed E-state index contributed by atoms with van der Waals surface area (Å²) in [7, 11) is 0. The van der Waals surface area contributed by atoms with Gasteiger partial charge in [0.15, 0.2) is 5.43 Å². The van der Waals surface area contributed by atoms with Crippen LogP contribution in [0.2, 0.25) is 0 Å². The van der Waals surface area contributed by atoms with E-state index in [1.807, 2.05) is 48.5 Å². The van der Waals surface area contributed by atoms with Gasteiger partial charge in [0.1, 0.15) is 0 Å². The molecule has 0 saturated heterocycles. The molecule has 0 atom stereocenters. The van der Waals surface area contributed by atoms with Crippen LogP contribution in [0.1, 0.15) is 31.0 Å². The third-order valence-corrected chi connectivity index (χ3v) is 5.13. The summed E-state index contributed by atoms with van der Waals surface area (Å²) in [5.74, 6) is 1.34. The molecular formula is C21H22N2O2S. The standard InChI is InChI=1S/C21H22N2O2S/c1-14(2)15-7-9-16(10-8-15)23-21(25)13-26-12-17-11-20(24)18-5-3-4-6-19(18)22-17/h3-11,14H,12-13H2,1-2H3,(H,22,24)(H,23,25). The summed E-state index contributed by atoms with van der Waals surface area (Å²) in [6.07, 6.45) is 0. The van der Waals surface area contributed by atoms with Gasteiger partial charge in [0.25, 0.3) is 0 Å². The van der Waals surface area contributed by atoms with Crippen LogP contribution in [0.4, 0.5) is 5.69 Å². The molecule has 0 fully saturated rings. The summed E-state index contributed by atoms with van der Waals surface area (Å²) in [6, 6.07) is 17.0.